The van der Waals surface area contributed by atoms with Gasteiger partial charge in [-0.05, 0) is 29.8 Å². The van der Waals surface area contributed by atoms with E-state index in [4.69, 9.17) is 16.3 Å². The Balaban J connectivity index is 1.84. The van der Waals surface area contributed by atoms with Crippen LogP contribution in [0.5, 0.6) is 0 Å². The Morgan fingerprint density at radius 2 is 2.00 bits per heavy atom. The normalized spacial score (nSPS) is 16.2. The Morgan fingerprint density at radius 1 is 1.24 bits per heavy atom. The first-order chi connectivity index (χ1) is 12.2. The van der Waals surface area contributed by atoms with Crippen molar-refractivity contribution in [2.45, 2.75) is 6.04 Å². The summed E-state index contributed by atoms with van der Waals surface area (Å²) in [7, 11) is 0. The molecule has 130 valence electrons. The monoisotopic (exact) mass is 359 g/mol. The van der Waals surface area contributed by atoms with E-state index in [9.17, 15) is 9.65 Å². The van der Waals surface area contributed by atoms with Crippen molar-refractivity contribution >= 4 is 17.3 Å². The van der Waals surface area contributed by atoms with Gasteiger partial charge in [0.05, 0.1) is 35.5 Å². The molecule has 1 aliphatic heterocycles. The van der Waals surface area contributed by atoms with E-state index in [1.54, 1.807) is 30.3 Å². The highest BCUT2D eigenvalue weighted by Crippen LogP contribution is 2.28. The van der Waals surface area contributed by atoms with Crippen molar-refractivity contribution in [1.29, 1.82) is 5.26 Å². The quantitative estimate of drug-likeness (QED) is 0.881. The zero-order valence-corrected chi connectivity index (χ0v) is 14.5. The molecule has 25 heavy (non-hydrogen) atoms. The van der Waals surface area contributed by atoms with Crippen LogP contribution >= 0.6 is 11.6 Å². The van der Waals surface area contributed by atoms with E-state index in [1.807, 2.05) is 6.07 Å². The number of halogens is 2. The van der Waals surface area contributed by atoms with Crippen molar-refractivity contribution in [3.8, 4) is 6.07 Å². The Bertz CT molecular complexity index is 772. The van der Waals surface area contributed by atoms with Gasteiger partial charge in [0.1, 0.15) is 11.9 Å². The smallest absolute Gasteiger partial charge is 0.123 e. The standard InChI is InChI=1S/C19H19ClFN3O/c20-17-6-2-4-15(12-22)19(17)23-13-18(24-7-9-25-10-8-24)14-3-1-5-16(21)11-14/h1-6,11,18,23H,7-10,13H2. The highest BCUT2D eigenvalue weighted by Gasteiger charge is 2.23. The number of nitrogens with zero attached hydrogens (tertiary/aromatic N) is 2. The van der Waals surface area contributed by atoms with Gasteiger partial charge >= 0.3 is 0 Å². The van der Waals surface area contributed by atoms with Crippen LogP contribution in [0.25, 0.3) is 0 Å². The van der Waals surface area contributed by atoms with E-state index in [-0.39, 0.29) is 11.9 Å². The van der Waals surface area contributed by atoms with E-state index in [2.05, 4.69) is 16.3 Å². The summed E-state index contributed by atoms with van der Waals surface area (Å²) in [6, 6.07) is 14.0. The number of nitriles is 1. The molecule has 1 saturated heterocycles. The molecular formula is C19H19ClFN3O. The summed E-state index contributed by atoms with van der Waals surface area (Å²) in [5, 5.41) is 13.1. The van der Waals surface area contributed by atoms with Gasteiger partial charge in [0, 0.05) is 19.6 Å². The maximum absolute atomic E-state index is 13.7. The lowest BCUT2D eigenvalue weighted by atomic mass is 10.0. The molecule has 1 N–H and O–H groups in total. The van der Waals surface area contributed by atoms with E-state index in [0.717, 1.165) is 18.7 Å². The van der Waals surface area contributed by atoms with Gasteiger partial charge in [-0.25, -0.2) is 4.39 Å². The Labute approximate surface area is 151 Å². The summed E-state index contributed by atoms with van der Waals surface area (Å²) in [6.07, 6.45) is 0. The maximum atomic E-state index is 13.7. The molecule has 1 fully saturated rings. The van der Waals surface area contributed by atoms with Crippen molar-refractivity contribution in [1.82, 2.24) is 4.90 Å². The van der Waals surface area contributed by atoms with Gasteiger partial charge in [-0.2, -0.15) is 5.26 Å². The number of benzene rings is 2. The van der Waals surface area contributed by atoms with E-state index >= 15 is 0 Å². The topological polar surface area (TPSA) is 48.3 Å². The van der Waals surface area contributed by atoms with Crippen LogP contribution in [0.1, 0.15) is 17.2 Å². The fourth-order valence-electron chi connectivity index (χ4n) is 3.06. The summed E-state index contributed by atoms with van der Waals surface area (Å²) in [5.41, 5.74) is 1.99. The summed E-state index contributed by atoms with van der Waals surface area (Å²) in [4.78, 5) is 2.26. The first-order valence-electron chi connectivity index (χ1n) is 8.19. The lowest BCUT2D eigenvalue weighted by molar-refractivity contribution is 0.0186. The molecule has 1 aliphatic rings. The average molecular weight is 360 g/mol. The molecule has 2 aromatic rings. The van der Waals surface area contributed by atoms with Crippen LogP contribution < -0.4 is 5.32 Å². The molecular weight excluding hydrogens is 341 g/mol. The van der Waals surface area contributed by atoms with Crippen LogP contribution in [-0.4, -0.2) is 37.7 Å². The maximum Gasteiger partial charge on any atom is 0.123 e. The molecule has 3 rings (SSSR count). The number of ether oxygens (including phenoxy) is 1. The fourth-order valence-corrected chi connectivity index (χ4v) is 3.30. The lowest BCUT2D eigenvalue weighted by Gasteiger charge is -2.35. The van der Waals surface area contributed by atoms with E-state index in [1.165, 1.54) is 6.07 Å². The highest BCUT2D eigenvalue weighted by molar-refractivity contribution is 6.33. The second kappa shape index (κ2) is 8.30. The zero-order valence-electron chi connectivity index (χ0n) is 13.7. The Hall–Kier alpha value is -2.13. The predicted octanol–water partition coefficient (Wildman–Crippen LogP) is 3.84. The minimum atomic E-state index is -0.258. The molecule has 0 spiro atoms. The minimum absolute atomic E-state index is 0.0394. The summed E-state index contributed by atoms with van der Waals surface area (Å²) in [6.45, 7) is 3.37. The molecule has 4 nitrogen and oxygen atoms in total. The van der Waals surface area contributed by atoms with Crippen molar-refractivity contribution in [2.24, 2.45) is 0 Å². The van der Waals surface area contributed by atoms with Crippen LogP contribution in [0.3, 0.4) is 0 Å². The van der Waals surface area contributed by atoms with Gasteiger partial charge in [0.25, 0.3) is 0 Å². The Kier molecular flexibility index (Phi) is 5.87. The van der Waals surface area contributed by atoms with Crippen molar-refractivity contribution in [3.05, 3.63) is 64.4 Å². The second-order valence-corrected chi connectivity index (χ2v) is 6.28. The number of rotatable bonds is 5. The van der Waals surface area contributed by atoms with Crippen LogP contribution in [-0.2, 0) is 4.74 Å². The molecule has 0 radical (unpaired) electrons. The zero-order chi connectivity index (χ0) is 17.6. The summed E-state index contributed by atoms with van der Waals surface area (Å²) >= 11 is 6.24. The third-order valence-corrected chi connectivity index (χ3v) is 4.64. The molecule has 1 atom stereocenters. The van der Waals surface area contributed by atoms with Crippen LogP contribution in [0, 0.1) is 17.1 Å². The number of para-hydroxylation sites is 1. The third-order valence-electron chi connectivity index (χ3n) is 4.33. The van der Waals surface area contributed by atoms with Gasteiger partial charge < -0.3 is 10.1 Å². The molecule has 6 heteroatoms. The van der Waals surface area contributed by atoms with Gasteiger partial charge in [-0.1, -0.05) is 29.8 Å². The first-order valence-corrected chi connectivity index (χ1v) is 8.56. The van der Waals surface area contributed by atoms with E-state index < -0.39 is 0 Å². The van der Waals surface area contributed by atoms with Crippen LogP contribution in [0.2, 0.25) is 5.02 Å². The molecule has 0 amide bonds. The van der Waals surface area contributed by atoms with Crippen molar-refractivity contribution < 1.29 is 9.13 Å². The van der Waals surface area contributed by atoms with Gasteiger partial charge in [0.15, 0.2) is 0 Å². The number of anilines is 1. The van der Waals surface area contributed by atoms with Crippen LogP contribution in [0.4, 0.5) is 10.1 Å². The average Bonchev–Trinajstić information content (AvgIpc) is 2.64. The van der Waals surface area contributed by atoms with Gasteiger partial charge in [0.2, 0.25) is 0 Å². The molecule has 1 unspecified atom stereocenters. The largest absolute Gasteiger partial charge is 0.381 e. The molecule has 2 aromatic carbocycles. The molecule has 0 saturated carbocycles. The minimum Gasteiger partial charge on any atom is -0.381 e. The Morgan fingerprint density at radius 3 is 2.72 bits per heavy atom. The molecule has 0 aliphatic carbocycles. The summed E-state index contributed by atoms with van der Waals surface area (Å²) in [5.74, 6) is -0.258. The summed E-state index contributed by atoms with van der Waals surface area (Å²) < 4.78 is 19.1. The predicted molar refractivity (Wildman–Crippen MR) is 96.2 cm³/mol. The van der Waals surface area contributed by atoms with E-state index in [0.29, 0.717) is 36.0 Å². The number of hydrogen-bond donors (Lipinski definition) is 1. The third kappa shape index (κ3) is 4.29. The SMILES string of the molecule is N#Cc1cccc(Cl)c1NCC(c1cccc(F)c1)N1CCOCC1. The number of morpholine rings is 1. The second-order valence-electron chi connectivity index (χ2n) is 5.87. The highest BCUT2D eigenvalue weighted by atomic mass is 35.5. The number of hydrogen-bond acceptors (Lipinski definition) is 4. The lowest BCUT2D eigenvalue weighted by Crippen LogP contribution is -2.41. The van der Waals surface area contributed by atoms with Gasteiger partial charge in [-0.3, -0.25) is 4.90 Å². The first kappa shape index (κ1) is 17.7. The molecule has 0 aromatic heterocycles. The van der Waals surface area contributed by atoms with Crippen LogP contribution in [0.15, 0.2) is 42.5 Å². The number of nitrogens with one attached hydrogen (secondary N) is 1. The molecule has 1 heterocycles. The van der Waals surface area contributed by atoms with Crippen molar-refractivity contribution in [3.63, 3.8) is 0 Å². The van der Waals surface area contributed by atoms with Crippen molar-refractivity contribution in [2.75, 3.05) is 38.2 Å². The molecule has 0 bridgehead atoms. The fraction of sp³-hybridized carbons (Fsp3) is 0.316. The van der Waals surface area contributed by atoms with Gasteiger partial charge in [-0.15, -0.1) is 0 Å².